The van der Waals surface area contributed by atoms with E-state index in [1.54, 1.807) is 29.2 Å². The number of amides is 1. The van der Waals surface area contributed by atoms with E-state index in [1.807, 2.05) is 0 Å². The van der Waals surface area contributed by atoms with E-state index in [0.29, 0.717) is 24.2 Å². The van der Waals surface area contributed by atoms with Crippen LogP contribution in [0.25, 0.3) is 11.3 Å². The predicted molar refractivity (Wildman–Crippen MR) is 92.4 cm³/mol. The van der Waals surface area contributed by atoms with Crippen LogP contribution in [0.4, 0.5) is 13.2 Å². The molecule has 0 unspecified atom stereocenters. The third-order valence-electron chi connectivity index (χ3n) is 4.55. The van der Waals surface area contributed by atoms with Crippen molar-refractivity contribution in [1.82, 2.24) is 9.88 Å². The summed E-state index contributed by atoms with van der Waals surface area (Å²) >= 11 is 0. The number of benzene rings is 1. The number of pyridine rings is 1. The second kappa shape index (κ2) is 7.45. The van der Waals surface area contributed by atoms with E-state index >= 15 is 0 Å². The zero-order valence-electron chi connectivity index (χ0n) is 14.2. The van der Waals surface area contributed by atoms with Gasteiger partial charge < -0.3 is 10.6 Å². The first-order valence-corrected chi connectivity index (χ1v) is 8.53. The molecule has 2 N–H and O–H groups in total. The Labute approximate surface area is 149 Å². The van der Waals surface area contributed by atoms with Gasteiger partial charge in [0, 0.05) is 36.5 Å². The number of hydrogen-bond acceptors (Lipinski definition) is 3. The number of nitrogens with zero attached hydrogens (tertiary/aromatic N) is 2. The SMILES string of the molecule is N[C@@H]1CCCN(C(=O)c2cccc(-c3cc(C(F)(F)F)ccn3)c2)CC1. The molecule has 0 radical (unpaired) electrons. The average Bonchev–Trinajstić information content (AvgIpc) is 2.85. The monoisotopic (exact) mass is 363 g/mol. The molecular formula is C19H20F3N3O. The summed E-state index contributed by atoms with van der Waals surface area (Å²) in [5.74, 6) is -0.132. The van der Waals surface area contributed by atoms with E-state index in [-0.39, 0.29) is 17.6 Å². The van der Waals surface area contributed by atoms with E-state index in [0.717, 1.165) is 37.6 Å². The van der Waals surface area contributed by atoms with Crippen LogP contribution in [-0.2, 0) is 6.18 Å². The lowest BCUT2D eigenvalue weighted by Crippen LogP contribution is -2.32. The Morgan fingerprint density at radius 3 is 2.73 bits per heavy atom. The van der Waals surface area contributed by atoms with Crippen LogP contribution in [0.3, 0.4) is 0 Å². The molecule has 0 aliphatic carbocycles. The van der Waals surface area contributed by atoms with Crippen molar-refractivity contribution in [2.24, 2.45) is 5.73 Å². The molecule has 1 aliphatic heterocycles. The summed E-state index contributed by atoms with van der Waals surface area (Å²) in [6.45, 7) is 1.23. The molecule has 1 aromatic heterocycles. The quantitative estimate of drug-likeness (QED) is 0.885. The van der Waals surface area contributed by atoms with Gasteiger partial charge in [-0.1, -0.05) is 12.1 Å². The van der Waals surface area contributed by atoms with Crippen LogP contribution in [-0.4, -0.2) is 34.9 Å². The number of carbonyl (C=O) groups is 1. The first-order chi connectivity index (χ1) is 12.3. The maximum absolute atomic E-state index is 12.9. The lowest BCUT2D eigenvalue weighted by atomic mass is 10.0. The van der Waals surface area contributed by atoms with Gasteiger partial charge in [-0.05, 0) is 43.5 Å². The lowest BCUT2D eigenvalue weighted by Gasteiger charge is -2.20. The molecule has 0 bridgehead atoms. The molecule has 0 saturated carbocycles. The standard InChI is InChI=1S/C19H20F3N3O/c20-19(21,22)15-6-8-24-17(12-15)13-3-1-4-14(11-13)18(26)25-9-2-5-16(23)7-10-25/h1,3-4,6,8,11-12,16H,2,5,7,9-10,23H2/t16-/m1/s1. The Hall–Kier alpha value is -2.41. The number of rotatable bonds is 2. The minimum absolute atomic E-state index is 0.105. The fourth-order valence-corrected chi connectivity index (χ4v) is 3.08. The number of halogens is 3. The van der Waals surface area contributed by atoms with Gasteiger partial charge in [0.2, 0.25) is 0 Å². The fourth-order valence-electron chi connectivity index (χ4n) is 3.08. The lowest BCUT2D eigenvalue weighted by molar-refractivity contribution is -0.137. The van der Waals surface area contributed by atoms with Crippen LogP contribution < -0.4 is 5.73 Å². The number of likely N-dealkylation sites (tertiary alicyclic amines) is 1. The Bertz CT molecular complexity index is 792. The van der Waals surface area contributed by atoms with Crippen molar-refractivity contribution in [3.8, 4) is 11.3 Å². The number of carbonyl (C=O) groups excluding carboxylic acids is 1. The van der Waals surface area contributed by atoms with Crippen molar-refractivity contribution < 1.29 is 18.0 Å². The normalized spacial score (nSPS) is 18.5. The van der Waals surface area contributed by atoms with Crippen molar-refractivity contribution in [3.63, 3.8) is 0 Å². The summed E-state index contributed by atoms with van der Waals surface area (Å²) in [6.07, 6.45) is -0.820. The predicted octanol–water partition coefficient (Wildman–Crippen LogP) is 3.72. The van der Waals surface area contributed by atoms with Gasteiger partial charge in [-0.15, -0.1) is 0 Å². The molecule has 0 spiro atoms. The van der Waals surface area contributed by atoms with Crippen LogP contribution in [0, 0.1) is 0 Å². The van der Waals surface area contributed by atoms with Gasteiger partial charge >= 0.3 is 6.18 Å². The van der Waals surface area contributed by atoms with E-state index < -0.39 is 11.7 Å². The highest BCUT2D eigenvalue weighted by atomic mass is 19.4. The highest BCUT2D eigenvalue weighted by Crippen LogP contribution is 2.31. The number of nitrogens with two attached hydrogens (primary N) is 1. The highest BCUT2D eigenvalue weighted by Gasteiger charge is 2.30. The van der Waals surface area contributed by atoms with E-state index in [1.165, 1.54) is 0 Å². The maximum Gasteiger partial charge on any atom is 0.416 e. The van der Waals surface area contributed by atoms with Crippen molar-refractivity contribution >= 4 is 5.91 Å². The van der Waals surface area contributed by atoms with E-state index in [4.69, 9.17) is 5.73 Å². The summed E-state index contributed by atoms with van der Waals surface area (Å²) in [5.41, 5.74) is 6.29. The first kappa shape index (κ1) is 18.4. The maximum atomic E-state index is 12.9. The van der Waals surface area contributed by atoms with Gasteiger partial charge in [0.25, 0.3) is 5.91 Å². The van der Waals surface area contributed by atoms with Crippen molar-refractivity contribution in [1.29, 1.82) is 0 Å². The van der Waals surface area contributed by atoms with Crippen molar-refractivity contribution in [3.05, 3.63) is 53.7 Å². The molecule has 3 rings (SSSR count). The minimum atomic E-state index is -4.43. The van der Waals surface area contributed by atoms with Gasteiger partial charge in [-0.25, -0.2) is 0 Å². The summed E-state index contributed by atoms with van der Waals surface area (Å²) < 4.78 is 38.7. The Balaban J connectivity index is 1.85. The van der Waals surface area contributed by atoms with Gasteiger partial charge in [-0.3, -0.25) is 9.78 Å². The molecule has 1 saturated heterocycles. The molecule has 1 amide bonds. The van der Waals surface area contributed by atoms with Gasteiger partial charge in [-0.2, -0.15) is 13.2 Å². The number of aromatic nitrogens is 1. The number of alkyl halides is 3. The van der Waals surface area contributed by atoms with Crippen molar-refractivity contribution in [2.75, 3.05) is 13.1 Å². The zero-order valence-corrected chi connectivity index (χ0v) is 14.2. The van der Waals surface area contributed by atoms with Crippen LogP contribution in [0.2, 0.25) is 0 Å². The largest absolute Gasteiger partial charge is 0.416 e. The molecule has 7 heteroatoms. The molecule has 1 aliphatic rings. The third-order valence-corrected chi connectivity index (χ3v) is 4.55. The fraction of sp³-hybridized carbons (Fsp3) is 0.368. The number of hydrogen-bond donors (Lipinski definition) is 1. The van der Waals surface area contributed by atoms with Crippen LogP contribution in [0.1, 0.15) is 35.2 Å². The molecule has 138 valence electrons. The summed E-state index contributed by atoms with van der Waals surface area (Å²) in [5, 5.41) is 0. The molecule has 26 heavy (non-hydrogen) atoms. The Kier molecular flexibility index (Phi) is 5.27. The highest BCUT2D eigenvalue weighted by molar-refractivity contribution is 5.95. The van der Waals surface area contributed by atoms with Gasteiger partial charge in [0.15, 0.2) is 0 Å². The smallest absolute Gasteiger partial charge is 0.339 e. The molecule has 1 atom stereocenters. The summed E-state index contributed by atoms with van der Waals surface area (Å²) in [6, 6.07) is 8.60. The van der Waals surface area contributed by atoms with Crippen LogP contribution in [0.5, 0.6) is 0 Å². The molecule has 2 aromatic rings. The summed E-state index contributed by atoms with van der Waals surface area (Å²) in [4.78, 5) is 18.5. The molecule has 2 heterocycles. The van der Waals surface area contributed by atoms with Crippen LogP contribution in [0.15, 0.2) is 42.6 Å². The molecule has 1 fully saturated rings. The molecular weight excluding hydrogens is 343 g/mol. The minimum Gasteiger partial charge on any atom is -0.339 e. The topological polar surface area (TPSA) is 59.2 Å². The van der Waals surface area contributed by atoms with E-state index in [9.17, 15) is 18.0 Å². The molecule has 1 aromatic carbocycles. The average molecular weight is 363 g/mol. The zero-order chi connectivity index (χ0) is 18.7. The van der Waals surface area contributed by atoms with E-state index in [2.05, 4.69) is 4.98 Å². The second-order valence-corrected chi connectivity index (χ2v) is 6.49. The Morgan fingerprint density at radius 1 is 1.15 bits per heavy atom. The first-order valence-electron chi connectivity index (χ1n) is 8.53. The van der Waals surface area contributed by atoms with Crippen LogP contribution >= 0.6 is 0 Å². The van der Waals surface area contributed by atoms with Gasteiger partial charge in [0.1, 0.15) is 0 Å². The molecule has 4 nitrogen and oxygen atoms in total. The van der Waals surface area contributed by atoms with Gasteiger partial charge in [0.05, 0.1) is 11.3 Å². The second-order valence-electron chi connectivity index (χ2n) is 6.49. The van der Waals surface area contributed by atoms with Crippen molar-refractivity contribution in [2.45, 2.75) is 31.5 Å². The Morgan fingerprint density at radius 2 is 1.96 bits per heavy atom. The summed E-state index contributed by atoms with van der Waals surface area (Å²) in [7, 11) is 0. The third kappa shape index (κ3) is 4.22.